The molecule has 5 nitrogen and oxygen atoms in total. The fraction of sp³-hybridized carbons (Fsp3) is 0.308. The molecule has 0 bridgehead atoms. The number of hydrogen-bond donors (Lipinski definition) is 2. The molecule has 0 fully saturated rings. The van der Waals surface area contributed by atoms with Crippen molar-refractivity contribution >= 4 is 11.9 Å². The topological polar surface area (TPSA) is 76.7 Å². The molecule has 0 amide bonds. The van der Waals surface area contributed by atoms with Crippen molar-refractivity contribution in [2.75, 3.05) is 17.6 Å². The lowest BCUT2D eigenvalue weighted by molar-refractivity contribution is 0.941. The van der Waals surface area contributed by atoms with E-state index < -0.39 is 0 Å². The van der Waals surface area contributed by atoms with Crippen LogP contribution in [0.1, 0.15) is 17.0 Å². The van der Waals surface area contributed by atoms with Gasteiger partial charge in [-0.3, -0.25) is 0 Å². The van der Waals surface area contributed by atoms with Crippen LogP contribution in [0.5, 0.6) is 0 Å². The van der Waals surface area contributed by atoms with Crippen molar-refractivity contribution in [3.05, 3.63) is 41.2 Å². The molecule has 0 aliphatic rings. The molecule has 2 aromatic rings. The summed E-state index contributed by atoms with van der Waals surface area (Å²) in [5.41, 5.74) is 8.11. The lowest BCUT2D eigenvalue weighted by atomic mass is 10.1. The summed E-state index contributed by atoms with van der Waals surface area (Å²) in [6, 6.07) is 8.48. The highest BCUT2D eigenvalue weighted by molar-refractivity contribution is 5.31. The maximum Gasteiger partial charge on any atom is 0.227 e. The van der Waals surface area contributed by atoms with E-state index in [2.05, 4.69) is 51.5 Å². The summed E-state index contributed by atoms with van der Waals surface area (Å²) < 4.78 is 0. The van der Waals surface area contributed by atoms with Crippen LogP contribution in [0.15, 0.2) is 24.3 Å². The first-order valence-corrected chi connectivity index (χ1v) is 5.91. The normalized spacial score (nSPS) is 10.3. The predicted molar refractivity (Wildman–Crippen MR) is 72.3 cm³/mol. The highest BCUT2D eigenvalue weighted by atomic mass is 15.2. The average molecular weight is 243 g/mol. The number of nitrogens with one attached hydrogen (secondary N) is 1. The van der Waals surface area contributed by atoms with E-state index in [9.17, 15) is 0 Å². The molecule has 0 aliphatic carbocycles. The monoisotopic (exact) mass is 243 g/mol. The van der Waals surface area contributed by atoms with Crippen LogP contribution in [0.25, 0.3) is 0 Å². The molecule has 1 aromatic carbocycles. The number of benzene rings is 1. The van der Waals surface area contributed by atoms with Crippen LogP contribution in [-0.4, -0.2) is 21.5 Å². The summed E-state index contributed by atoms with van der Waals surface area (Å²) in [4.78, 5) is 12.1. The molecule has 94 valence electrons. The summed E-state index contributed by atoms with van der Waals surface area (Å²) in [5.74, 6) is 1.41. The van der Waals surface area contributed by atoms with Gasteiger partial charge in [-0.25, -0.2) is 0 Å². The summed E-state index contributed by atoms with van der Waals surface area (Å²) in [6.07, 6.45) is 0.922. The quantitative estimate of drug-likeness (QED) is 0.855. The van der Waals surface area contributed by atoms with Crippen LogP contribution in [0.3, 0.4) is 0 Å². The number of aromatic nitrogens is 3. The molecule has 0 saturated heterocycles. The first-order valence-electron chi connectivity index (χ1n) is 5.91. The van der Waals surface area contributed by atoms with Crippen molar-refractivity contribution in [3.63, 3.8) is 0 Å². The van der Waals surface area contributed by atoms with Crippen molar-refractivity contribution in [3.8, 4) is 0 Å². The third kappa shape index (κ3) is 3.41. The van der Waals surface area contributed by atoms with Gasteiger partial charge in [0.1, 0.15) is 5.82 Å². The second-order valence-corrected chi connectivity index (χ2v) is 4.23. The van der Waals surface area contributed by atoms with Gasteiger partial charge in [-0.1, -0.05) is 29.8 Å². The minimum absolute atomic E-state index is 0.250. The zero-order valence-electron chi connectivity index (χ0n) is 10.6. The maximum absolute atomic E-state index is 5.56. The zero-order valence-corrected chi connectivity index (χ0v) is 10.6. The van der Waals surface area contributed by atoms with Crippen molar-refractivity contribution in [1.82, 2.24) is 15.0 Å². The van der Waals surface area contributed by atoms with Crippen LogP contribution < -0.4 is 11.1 Å². The summed E-state index contributed by atoms with van der Waals surface area (Å²) in [5, 5.41) is 3.15. The Kier molecular flexibility index (Phi) is 3.72. The van der Waals surface area contributed by atoms with E-state index in [1.165, 1.54) is 11.1 Å². The van der Waals surface area contributed by atoms with Gasteiger partial charge >= 0.3 is 0 Å². The van der Waals surface area contributed by atoms with Crippen molar-refractivity contribution in [2.45, 2.75) is 20.3 Å². The molecule has 1 heterocycles. The zero-order chi connectivity index (χ0) is 13.0. The van der Waals surface area contributed by atoms with Crippen LogP contribution in [0.4, 0.5) is 11.9 Å². The molecule has 0 unspecified atom stereocenters. The van der Waals surface area contributed by atoms with Gasteiger partial charge in [-0.05, 0) is 25.8 Å². The summed E-state index contributed by atoms with van der Waals surface area (Å²) in [6.45, 7) is 4.65. The van der Waals surface area contributed by atoms with Gasteiger partial charge < -0.3 is 11.1 Å². The van der Waals surface area contributed by atoms with E-state index in [1.54, 1.807) is 6.92 Å². The second-order valence-electron chi connectivity index (χ2n) is 4.23. The molecular weight excluding hydrogens is 226 g/mol. The average Bonchev–Trinajstić information content (AvgIpc) is 2.30. The molecule has 0 saturated carbocycles. The van der Waals surface area contributed by atoms with Gasteiger partial charge in [0, 0.05) is 6.54 Å². The fourth-order valence-corrected chi connectivity index (χ4v) is 1.65. The molecule has 5 heteroatoms. The third-order valence-corrected chi connectivity index (χ3v) is 2.58. The highest BCUT2D eigenvalue weighted by Gasteiger charge is 2.00. The molecule has 0 atom stereocenters. The Morgan fingerprint density at radius 2 is 1.78 bits per heavy atom. The van der Waals surface area contributed by atoms with Crippen molar-refractivity contribution in [1.29, 1.82) is 0 Å². The summed E-state index contributed by atoms with van der Waals surface area (Å²) >= 11 is 0. The Hall–Kier alpha value is -2.17. The SMILES string of the molecule is Cc1ccc(CCNc2nc(C)nc(N)n2)cc1. The van der Waals surface area contributed by atoms with Crippen LogP contribution in [0, 0.1) is 13.8 Å². The van der Waals surface area contributed by atoms with Gasteiger partial charge in [0.25, 0.3) is 0 Å². The fourth-order valence-electron chi connectivity index (χ4n) is 1.65. The molecule has 2 rings (SSSR count). The lowest BCUT2D eigenvalue weighted by Crippen LogP contribution is -2.10. The molecule has 18 heavy (non-hydrogen) atoms. The van der Waals surface area contributed by atoms with Gasteiger partial charge in [0.05, 0.1) is 0 Å². The van der Waals surface area contributed by atoms with E-state index in [1.807, 2.05) is 0 Å². The first kappa shape index (κ1) is 12.3. The smallest absolute Gasteiger partial charge is 0.227 e. The Balaban J connectivity index is 1.90. The minimum Gasteiger partial charge on any atom is -0.368 e. The van der Waals surface area contributed by atoms with E-state index >= 15 is 0 Å². The lowest BCUT2D eigenvalue weighted by Gasteiger charge is -2.06. The van der Waals surface area contributed by atoms with E-state index in [4.69, 9.17) is 5.73 Å². The van der Waals surface area contributed by atoms with Gasteiger partial charge in [0.2, 0.25) is 11.9 Å². The molecule has 1 aromatic heterocycles. The third-order valence-electron chi connectivity index (χ3n) is 2.58. The van der Waals surface area contributed by atoms with E-state index in [0.29, 0.717) is 11.8 Å². The van der Waals surface area contributed by atoms with E-state index in [-0.39, 0.29) is 5.95 Å². The largest absolute Gasteiger partial charge is 0.368 e. The van der Waals surface area contributed by atoms with Crippen LogP contribution in [0.2, 0.25) is 0 Å². The molecule has 3 N–H and O–H groups in total. The first-order chi connectivity index (χ1) is 8.63. The molecular formula is C13H17N5. The number of aryl methyl sites for hydroxylation is 2. The number of nitrogen functional groups attached to an aromatic ring is 1. The number of anilines is 2. The summed E-state index contributed by atoms with van der Waals surface area (Å²) in [7, 11) is 0. The van der Waals surface area contributed by atoms with E-state index in [0.717, 1.165) is 13.0 Å². The second kappa shape index (κ2) is 5.44. The standard InChI is InChI=1S/C13H17N5/c1-9-3-5-11(6-4-9)7-8-15-13-17-10(2)16-12(14)18-13/h3-6H,7-8H2,1-2H3,(H3,14,15,16,17,18). The Labute approximate surface area is 106 Å². The Bertz CT molecular complexity index is 501. The highest BCUT2D eigenvalue weighted by Crippen LogP contribution is 2.05. The minimum atomic E-state index is 0.250. The van der Waals surface area contributed by atoms with Gasteiger partial charge in [-0.2, -0.15) is 15.0 Å². The molecule has 0 radical (unpaired) electrons. The van der Waals surface area contributed by atoms with Crippen molar-refractivity contribution < 1.29 is 0 Å². The molecule has 0 spiro atoms. The Morgan fingerprint density at radius 1 is 1.06 bits per heavy atom. The van der Waals surface area contributed by atoms with Crippen LogP contribution in [-0.2, 0) is 6.42 Å². The number of rotatable bonds is 4. The Morgan fingerprint density at radius 3 is 2.44 bits per heavy atom. The number of nitrogens with zero attached hydrogens (tertiary/aromatic N) is 3. The maximum atomic E-state index is 5.56. The predicted octanol–water partition coefficient (Wildman–Crippen LogP) is 1.73. The van der Waals surface area contributed by atoms with Gasteiger partial charge in [0.15, 0.2) is 0 Å². The molecule has 0 aliphatic heterocycles. The van der Waals surface area contributed by atoms with Crippen molar-refractivity contribution in [2.24, 2.45) is 0 Å². The van der Waals surface area contributed by atoms with Gasteiger partial charge in [-0.15, -0.1) is 0 Å². The van der Waals surface area contributed by atoms with Crippen LogP contribution >= 0.6 is 0 Å². The number of nitrogens with two attached hydrogens (primary N) is 1. The number of hydrogen-bond acceptors (Lipinski definition) is 5.